The number of pyridine rings is 1. The Labute approximate surface area is 153 Å². The molecule has 8 heteroatoms. The van der Waals surface area contributed by atoms with E-state index in [1.165, 1.54) is 16.4 Å². The number of nitrogens with zero attached hydrogens (tertiary/aromatic N) is 4. The van der Waals surface area contributed by atoms with Crippen molar-refractivity contribution in [2.45, 2.75) is 17.9 Å². The van der Waals surface area contributed by atoms with Crippen molar-refractivity contribution in [1.82, 2.24) is 9.29 Å². The molecule has 136 valence electrons. The van der Waals surface area contributed by atoms with E-state index in [1.807, 2.05) is 4.90 Å². The van der Waals surface area contributed by atoms with Gasteiger partial charge in [-0.3, -0.25) is 0 Å². The Morgan fingerprint density at radius 2 is 1.81 bits per heavy atom. The molecule has 0 spiro atoms. The molecule has 3 rings (SSSR count). The van der Waals surface area contributed by atoms with E-state index in [9.17, 15) is 18.8 Å². The summed E-state index contributed by atoms with van der Waals surface area (Å²) in [6, 6.07) is 11.8. The van der Waals surface area contributed by atoms with Crippen molar-refractivity contribution in [3.63, 3.8) is 0 Å². The molecule has 0 aliphatic carbocycles. The minimum atomic E-state index is -3.59. The van der Waals surface area contributed by atoms with Gasteiger partial charge in [-0.05, 0) is 36.8 Å². The summed E-state index contributed by atoms with van der Waals surface area (Å²) in [6.07, 6.45) is 0.992. The largest absolute Gasteiger partial charge is 0.389 e. The molecule has 2 aromatic rings. The molecule has 1 N–H and O–H groups in total. The van der Waals surface area contributed by atoms with Gasteiger partial charge in [0.15, 0.2) is 0 Å². The lowest BCUT2D eigenvalue weighted by molar-refractivity contribution is 0.199. The fraction of sp³-hybridized carbons (Fsp3) is 0.333. The molecule has 1 atom stereocenters. The molecular weight excluding hydrogens is 352 g/mol. The molecule has 1 aliphatic heterocycles. The molecule has 1 aromatic carbocycles. The van der Waals surface area contributed by atoms with Gasteiger partial charge in [0, 0.05) is 32.4 Å². The first-order valence-electron chi connectivity index (χ1n) is 8.31. The molecule has 1 aromatic heterocycles. The number of sulfonamides is 1. The van der Waals surface area contributed by atoms with Crippen molar-refractivity contribution in [2.24, 2.45) is 0 Å². The van der Waals surface area contributed by atoms with Gasteiger partial charge in [0.05, 0.1) is 16.6 Å². The first kappa shape index (κ1) is 18.3. The van der Waals surface area contributed by atoms with Gasteiger partial charge >= 0.3 is 0 Å². The van der Waals surface area contributed by atoms with Crippen LogP contribution >= 0.6 is 0 Å². The lowest BCUT2D eigenvalue weighted by Crippen LogP contribution is -2.49. The number of anilines is 1. The second-order valence-electron chi connectivity index (χ2n) is 6.12. The molecular formula is C18H20N4O3S. The van der Waals surface area contributed by atoms with E-state index in [2.05, 4.69) is 11.1 Å². The van der Waals surface area contributed by atoms with Crippen molar-refractivity contribution >= 4 is 15.8 Å². The minimum absolute atomic E-state index is 0.214. The highest BCUT2D eigenvalue weighted by molar-refractivity contribution is 7.89. The van der Waals surface area contributed by atoms with Crippen molar-refractivity contribution in [3.05, 3.63) is 53.7 Å². The summed E-state index contributed by atoms with van der Waals surface area (Å²) < 4.78 is 27.1. The van der Waals surface area contributed by atoms with Crippen molar-refractivity contribution in [1.29, 1.82) is 5.26 Å². The number of hydrogen-bond donors (Lipinski definition) is 1. The Morgan fingerprint density at radius 3 is 2.38 bits per heavy atom. The van der Waals surface area contributed by atoms with Crippen LogP contribution in [-0.4, -0.2) is 49.0 Å². The molecule has 1 unspecified atom stereocenters. The van der Waals surface area contributed by atoms with Crippen molar-refractivity contribution < 1.29 is 13.5 Å². The molecule has 7 nitrogen and oxygen atoms in total. The monoisotopic (exact) mass is 372 g/mol. The molecule has 0 radical (unpaired) electrons. The first-order valence-corrected chi connectivity index (χ1v) is 9.75. The molecule has 0 bridgehead atoms. The average Bonchev–Trinajstić information content (AvgIpc) is 2.68. The SMILES string of the molecule is CC(O)c1ccc(S(=O)(=O)N2CCN(c3ncccc3C#N)CC2)cc1. The fourth-order valence-corrected chi connectivity index (χ4v) is 4.37. The number of aromatic nitrogens is 1. The summed E-state index contributed by atoms with van der Waals surface area (Å²) >= 11 is 0. The van der Waals surface area contributed by atoms with Gasteiger partial charge in [0.2, 0.25) is 10.0 Å². The zero-order chi connectivity index (χ0) is 18.7. The maximum absolute atomic E-state index is 12.8. The van der Waals surface area contributed by atoms with Gasteiger partial charge in [-0.25, -0.2) is 13.4 Å². The number of aliphatic hydroxyl groups is 1. The highest BCUT2D eigenvalue weighted by Crippen LogP contribution is 2.23. The summed E-state index contributed by atoms with van der Waals surface area (Å²) in [6.45, 7) is 3.22. The number of nitriles is 1. The molecule has 2 heterocycles. The molecule has 1 saturated heterocycles. The van der Waals surface area contributed by atoms with Crippen molar-refractivity contribution in [3.8, 4) is 6.07 Å². The zero-order valence-electron chi connectivity index (χ0n) is 14.4. The van der Waals surface area contributed by atoms with Crippen LogP contribution < -0.4 is 4.90 Å². The molecule has 0 amide bonds. The quantitative estimate of drug-likeness (QED) is 0.874. The van der Waals surface area contributed by atoms with E-state index >= 15 is 0 Å². The van der Waals surface area contributed by atoms with Gasteiger partial charge in [-0.15, -0.1) is 0 Å². The Morgan fingerprint density at radius 1 is 1.15 bits per heavy atom. The fourth-order valence-electron chi connectivity index (χ4n) is 2.94. The highest BCUT2D eigenvalue weighted by atomic mass is 32.2. The summed E-state index contributed by atoms with van der Waals surface area (Å²) in [4.78, 5) is 6.40. The zero-order valence-corrected chi connectivity index (χ0v) is 15.2. The smallest absolute Gasteiger partial charge is 0.243 e. The second-order valence-corrected chi connectivity index (χ2v) is 8.06. The van der Waals surface area contributed by atoms with E-state index in [4.69, 9.17) is 0 Å². The Balaban J connectivity index is 1.73. The van der Waals surface area contributed by atoms with E-state index in [0.29, 0.717) is 43.1 Å². The topological polar surface area (TPSA) is 97.5 Å². The molecule has 1 aliphatic rings. The van der Waals surface area contributed by atoms with Gasteiger partial charge in [-0.2, -0.15) is 9.57 Å². The van der Waals surface area contributed by atoms with Crippen LogP contribution in [0.3, 0.4) is 0 Å². The lowest BCUT2D eigenvalue weighted by atomic mass is 10.1. The maximum atomic E-state index is 12.8. The van der Waals surface area contributed by atoms with Crippen LogP contribution in [0, 0.1) is 11.3 Å². The van der Waals surface area contributed by atoms with Crippen LogP contribution in [0.5, 0.6) is 0 Å². The number of piperazine rings is 1. The van der Waals surface area contributed by atoms with Gasteiger partial charge in [0.1, 0.15) is 11.9 Å². The summed E-state index contributed by atoms with van der Waals surface area (Å²) in [5, 5.41) is 18.8. The van der Waals surface area contributed by atoms with Crippen LogP contribution in [0.4, 0.5) is 5.82 Å². The van der Waals surface area contributed by atoms with Crippen LogP contribution in [0.15, 0.2) is 47.5 Å². The van der Waals surface area contributed by atoms with Gasteiger partial charge < -0.3 is 10.0 Å². The van der Waals surface area contributed by atoms with Gasteiger partial charge in [0.25, 0.3) is 0 Å². The third-order valence-electron chi connectivity index (χ3n) is 4.45. The Hall–Kier alpha value is -2.47. The van der Waals surface area contributed by atoms with Gasteiger partial charge in [-0.1, -0.05) is 12.1 Å². The Kier molecular flexibility index (Phi) is 5.23. The van der Waals surface area contributed by atoms with Crippen LogP contribution in [-0.2, 0) is 10.0 Å². The third kappa shape index (κ3) is 3.55. The predicted molar refractivity (Wildman–Crippen MR) is 97.0 cm³/mol. The van der Waals surface area contributed by atoms with Crippen LogP contribution in [0.25, 0.3) is 0 Å². The van der Waals surface area contributed by atoms with Crippen LogP contribution in [0.2, 0.25) is 0 Å². The molecule has 26 heavy (non-hydrogen) atoms. The number of rotatable bonds is 4. The number of benzene rings is 1. The standard InChI is InChI=1S/C18H20N4O3S/c1-14(23)15-4-6-17(7-5-15)26(24,25)22-11-9-21(10-12-22)18-16(13-19)3-2-8-20-18/h2-8,14,23H,9-12H2,1H3. The van der Waals surface area contributed by atoms with E-state index < -0.39 is 16.1 Å². The third-order valence-corrected chi connectivity index (χ3v) is 6.36. The van der Waals surface area contributed by atoms with E-state index in [0.717, 1.165) is 0 Å². The summed E-state index contributed by atoms with van der Waals surface area (Å²) in [7, 11) is -3.59. The summed E-state index contributed by atoms with van der Waals surface area (Å²) in [5.74, 6) is 0.591. The van der Waals surface area contributed by atoms with E-state index in [-0.39, 0.29) is 4.90 Å². The van der Waals surface area contributed by atoms with E-state index in [1.54, 1.807) is 37.4 Å². The molecule has 1 fully saturated rings. The predicted octanol–water partition coefficient (Wildman–Crippen LogP) is 1.52. The number of hydrogen-bond acceptors (Lipinski definition) is 6. The lowest BCUT2D eigenvalue weighted by Gasteiger charge is -2.35. The first-order chi connectivity index (χ1) is 12.4. The minimum Gasteiger partial charge on any atom is -0.389 e. The maximum Gasteiger partial charge on any atom is 0.243 e. The highest BCUT2D eigenvalue weighted by Gasteiger charge is 2.29. The van der Waals surface area contributed by atoms with Crippen LogP contribution in [0.1, 0.15) is 24.2 Å². The normalized spacial score (nSPS) is 16.9. The molecule has 0 saturated carbocycles. The average molecular weight is 372 g/mol. The second kappa shape index (κ2) is 7.41. The van der Waals surface area contributed by atoms with Crippen molar-refractivity contribution in [2.75, 3.05) is 31.1 Å². The summed E-state index contributed by atoms with van der Waals surface area (Å²) in [5.41, 5.74) is 1.16. The Bertz CT molecular complexity index is 912. The number of aliphatic hydroxyl groups excluding tert-OH is 1.